The molecule has 0 aliphatic rings. The Kier molecular flexibility index (Phi) is 16.4. The van der Waals surface area contributed by atoms with Crippen molar-refractivity contribution in [1.29, 1.82) is 0 Å². The van der Waals surface area contributed by atoms with Gasteiger partial charge in [-0.2, -0.15) is 0 Å². The largest absolute Gasteiger partial charge is 0.463 e. The molecule has 0 aliphatic heterocycles. The van der Waals surface area contributed by atoms with Gasteiger partial charge in [0.25, 0.3) is 0 Å². The molecule has 0 bridgehead atoms. The van der Waals surface area contributed by atoms with Crippen molar-refractivity contribution in [2.45, 2.75) is 90.1 Å². The summed E-state index contributed by atoms with van der Waals surface area (Å²) in [5.41, 5.74) is 0. The second kappa shape index (κ2) is 17.4. The van der Waals surface area contributed by atoms with E-state index in [0.717, 1.165) is 19.3 Å². The first-order valence-corrected chi connectivity index (χ1v) is 9.67. The van der Waals surface area contributed by atoms with Crippen molar-refractivity contribution in [3.8, 4) is 0 Å². The van der Waals surface area contributed by atoms with E-state index < -0.39 is 12.1 Å². The number of esters is 1. The van der Waals surface area contributed by atoms with E-state index in [0.29, 0.717) is 6.42 Å². The van der Waals surface area contributed by atoms with E-state index >= 15 is 0 Å². The van der Waals surface area contributed by atoms with Gasteiger partial charge < -0.3 is 9.84 Å². The molecule has 1 atom stereocenters. The van der Waals surface area contributed by atoms with Crippen molar-refractivity contribution >= 4 is 11.8 Å². The van der Waals surface area contributed by atoms with Gasteiger partial charge in [0.05, 0.1) is 6.10 Å². The van der Waals surface area contributed by atoms with E-state index in [1.54, 1.807) is 0 Å². The molecule has 0 aromatic heterocycles. The number of ketones is 1. The van der Waals surface area contributed by atoms with Crippen LogP contribution in [0.3, 0.4) is 0 Å². The Labute approximate surface area is 153 Å². The maximum atomic E-state index is 11.7. The molecule has 0 unspecified atom stereocenters. The van der Waals surface area contributed by atoms with Crippen LogP contribution in [0.25, 0.3) is 0 Å². The van der Waals surface area contributed by atoms with E-state index in [4.69, 9.17) is 0 Å². The van der Waals surface area contributed by atoms with Crippen molar-refractivity contribution in [1.82, 2.24) is 0 Å². The maximum absolute atomic E-state index is 11.7. The highest BCUT2D eigenvalue weighted by molar-refractivity contribution is 5.78. The molecule has 0 aliphatic carbocycles. The molecule has 0 aromatic carbocycles. The first-order chi connectivity index (χ1) is 12.1. The Hall–Kier alpha value is -1.42. The third kappa shape index (κ3) is 18.8. The van der Waals surface area contributed by atoms with Crippen molar-refractivity contribution in [2.24, 2.45) is 0 Å². The van der Waals surface area contributed by atoms with Crippen LogP contribution >= 0.6 is 0 Å². The Bertz CT molecular complexity index is 387. The monoisotopic (exact) mass is 352 g/mol. The molecule has 4 heteroatoms. The minimum absolute atomic E-state index is 0.0464. The van der Waals surface area contributed by atoms with Gasteiger partial charge in [-0.1, -0.05) is 69.8 Å². The van der Waals surface area contributed by atoms with E-state index in [2.05, 4.69) is 17.4 Å². The normalized spacial score (nSPS) is 12.2. The number of aliphatic hydroxyl groups is 1. The summed E-state index contributed by atoms with van der Waals surface area (Å²) in [6, 6.07) is 0. The van der Waals surface area contributed by atoms with Crippen LogP contribution in [0.2, 0.25) is 0 Å². The fourth-order valence-corrected chi connectivity index (χ4v) is 2.65. The lowest BCUT2D eigenvalue weighted by atomic mass is 10.0. The molecule has 144 valence electrons. The average molecular weight is 353 g/mol. The smallest absolute Gasteiger partial charge is 0.302 e. The van der Waals surface area contributed by atoms with Crippen molar-refractivity contribution in [3.05, 3.63) is 24.8 Å². The number of carbonyl (C=O) groups excluding carboxylic acids is 2. The van der Waals surface area contributed by atoms with Crippen LogP contribution in [-0.2, 0) is 14.3 Å². The van der Waals surface area contributed by atoms with Gasteiger partial charge in [-0.3, -0.25) is 9.59 Å². The zero-order valence-electron chi connectivity index (χ0n) is 15.9. The van der Waals surface area contributed by atoms with Crippen molar-refractivity contribution in [3.63, 3.8) is 0 Å². The lowest BCUT2D eigenvalue weighted by Gasteiger charge is -2.09. The summed E-state index contributed by atoms with van der Waals surface area (Å²) in [5.74, 6) is -0.388. The van der Waals surface area contributed by atoms with Gasteiger partial charge in [0.2, 0.25) is 0 Å². The maximum Gasteiger partial charge on any atom is 0.302 e. The molecule has 0 fully saturated rings. The van der Waals surface area contributed by atoms with Gasteiger partial charge >= 0.3 is 5.97 Å². The third-order valence-electron chi connectivity index (χ3n) is 4.04. The number of carbonyl (C=O) groups is 2. The van der Waals surface area contributed by atoms with Crippen LogP contribution in [-0.4, -0.2) is 29.6 Å². The van der Waals surface area contributed by atoms with Crippen LogP contribution in [0.5, 0.6) is 0 Å². The highest BCUT2D eigenvalue weighted by Crippen LogP contribution is 2.12. The number of hydrogen-bond donors (Lipinski definition) is 1. The predicted molar refractivity (Wildman–Crippen MR) is 102 cm³/mol. The SMILES string of the molecule is C=C/C=C/CCCCCCCCCCCC(=O)C[C@@H](O)COC(C)=O. The molecule has 0 amide bonds. The van der Waals surface area contributed by atoms with Crippen LogP contribution in [0.4, 0.5) is 0 Å². The number of Topliss-reactive ketones (excluding diaryl/α,β-unsaturated/α-hetero) is 1. The number of ether oxygens (including phenoxy) is 1. The van der Waals surface area contributed by atoms with Crippen LogP contribution in [0.15, 0.2) is 24.8 Å². The lowest BCUT2D eigenvalue weighted by Crippen LogP contribution is -2.20. The first kappa shape index (κ1) is 23.6. The van der Waals surface area contributed by atoms with Crippen molar-refractivity contribution < 1.29 is 19.4 Å². The average Bonchev–Trinajstić information content (AvgIpc) is 2.57. The minimum Gasteiger partial charge on any atom is -0.463 e. The van der Waals surface area contributed by atoms with Crippen LogP contribution in [0.1, 0.15) is 84.0 Å². The lowest BCUT2D eigenvalue weighted by molar-refractivity contribution is -0.145. The highest BCUT2D eigenvalue weighted by Gasteiger charge is 2.11. The number of allylic oxidation sites excluding steroid dienone is 3. The van der Waals surface area contributed by atoms with Crippen LogP contribution in [0, 0.1) is 0 Å². The summed E-state index contributed by atoms with van der Waals surface area (Å²) in [7, 11) is 0. The molecular weight excluding hydrogens is 316 g/mol. The van der Waals surface area contributed by atoms with Gasteiger partial charge in [0, 0.05) is 19.8 Å². The Morgan fingerprint density at radius 2 is 1.56 bits per heavy atom. The van der Waals surface area contributed by atoms with Crippen molar-refractivity contribution in [2.75, 3.05) is 6.61 Å². The van der Waals surface area contributed by atoms with Gasteiger partial charge in [0.1, 0.15) is 12.4 Å². The van der Waals surface area contributed by atoms with Gasteiger partial charge in [-0.25, -0.2) is 0 Å². The Morgan fingerprint density at radius 1 is 1.00 bits per heavy atom. The number of hydrogen-bond acceptors (Lipinski definition) is 4. The predicted octanol–water partition coefficient (Wildman–Crippen LogP) is 4.90. The molecule has 4 nitrogen and oxygen atoms in total. The number of unbranched alkanes of at least 4 members (excludes halogenated alkanes) is 9. The fourth-order valence-electron chi connectivity index (χ4n) is 2.65. The Balaban J connectivity index is 3.32. The molecule has 0 saturated carbocycles. The Morgan fingerprint density at radius 3 is 2.12 bits per heavy atom. The summed E-state index contributed by atoms with van der Waals surface area (Å²) >= 11 is 0. The summed E-state index contributed by atoms with van der Waals surface area (Å²) in [6.45, 7) is 4.85. The highest BCUT2D eigenvalue weighted by atomic mass is 16.5. The molecule has 0 saturated heterocycles. The molecule has 25 heavy (non-hydrogen) atoms. The van der Waals surface area contributed by atoms with Gasteiger partial charge in [-0.05, 0) is 19.3 Å². The van der Waals surface area contributed by atoms with E-state index in [9.17, 15) is 14.7 Å². The third-order valence-corrected chi connectivity index (χ3v) is 4.04. The standard InChI is InChI=1S/C21H36O4/c1-3-4-5-6-7-8-9-10-11-12-13-14-15-16-20(23)17-21(24)18-25-19(2)22/h3-5,21,24H,1,6-18H2,2H3/b5-4+/t21-/m1/s1. The minimum atomic E-state index is -0.872. The molecule has 0 radical (unpaired) electrons. The van der Waals surface area contributed by atoms with E-state index in [-0.39, 0.29) is 18.8 Å². The molecule has 0 aromatic rings. The topological polar surface area (TPSA) is 63.6 Å². The second-order valence-electron chi connectivity index (χ2n) is 6.58. The van der Waals surface area contributed by atoms with E-state index in [1.165, 1.54) is 51.9 Å². The number of aliphatic hydroxyl groups excluding tert-OH is 1. The summed E-state index contributed by atoms with van der Waals surface area (Å²) in [5, 5.41) is 9.57. The molecule has 0 heterocycles. The quantitative estimate of drug-likeness (QED) is 0.230. The molecular formula is C21H36O4. The zero-order valence-corrected chi connectivity index (χ0v) is 15.9. The van der Waals surface area contributed by atoms with Gasteiger partial charge in [0.15, 0.2) is 0 Å². The fraction of sp³-hybridized carbons (Fsp3) is 0.714. The van der Waals surface area contributed by atoms with Gasteiger partial charge in [-0.15, -0.1) is 0 Å². The summed E-state index contributed by atoms with van der Waals surface area (Å²) < 4.78 is 4.68. The summed E-state index contributed by atoms with van der Waals surface area (Å²) in [6.07, 6.45) is 17.7. The molecule has 0 spiro atoms. The second-order valence-corrected chi connectivity index (χ2v) is 6.58. The zero-order chi connectivity index (χ0) is 18.8. The summed E-state index contributed by atoms with van der Waals surface area (Å²) in [4.78, 5) is 22.3. The first-order valence-electron chi connectivity index (χ1n) is 9.67. The van der Waals surface area contributed by atoms with E-state index in [1.807, 2.05) is 12.2 Å². The molecule has 0 rings (SSSR count). The van der Waals surface area contributed by atoms with Crippen LogP contribution < -0.4 is 0 Å². The number of rotatable bonds is 17. The molecule has 1 N–H and O–H groups in total.